The molecule has 31 heavy (non-hydrogen) atoms. The highest BCUT2D eigenvalue weighted by atomic mass is 32.1. The molecule has 160 valence electrons. The Bertz CT molecular complexity index is 900. The third kappa shape index (κ3) is 4.98. The van der Waals surface area contributed by atoms with Crippen molar-refractivity contribution in [1.29, 1.82) is 0 Å². The topological polar surface area (TPSA) is 78.4 Å². The Kier molecular flexibility index (Phi) is 7.50. The maximum absolute atomic E-state index is 13.0. The van der Waals surface area contributed by atoms with Gasteiger partial charge in [0.05, 0.1) is 11.6 Å². The Morgan fingerprint density at radius 3 is 1.55 bits per heavy atom. The second-order valence-electron chi connectivity index (χ2n) is 7.30. The predicted molar refractivity (Wildman–Crippen MR) is 125 cm³/mol. The van der Waals surface area contributed by atoms with Crippen molar-refractivity contribution in [1.82, 2.24) is 10.6 Å². The summed E-state index contributed by atoms with van der Waals surface area (Å²) in [6, 6.07) is 27.9. The van der Waals surface area contributed by atoms with Gasteiger partial charge in [-0.3, -0.25) is 14.9 Å². The van der Waals surface area contributed by atoms with Crippen molar-refractivity contribution >= 4 is 24.5 Å². The van der Waals surface area contributed by atoms with Crippen LogP contribution in [0.3, 0.4) is 0 Å². The molecular formula is C25H26N2O3S. The first kappa shape index (κ1) is 22.6. The van der Waals surface area contributed by atoms with Crippen LogP contribution in [0.25, 0.3) is 0 Å². The van der Waals surface area contributed by atoms with Gasteiger partial charge in [0.1, 0.15) is 6.04 Å². The van der Waals surface area contributed by atoms with E-state index < -0.39 is 29.5 Å². The summed E-state index contributed by atoms with van der Waals surface area (Å²) in [6.45, 7) is 1.44. The van der Waals surface area contributed by atoms with Crippen LogP contribution in [-0.4, -0.2) is 34.8 Å². The molecule has 0 aliphatic rings. The van der Waals surface area contributed by atoms with Crippen molar-refractivity contribution in [3.05, 3.63) is 108 Å². The zero-order valence-corrected chi connectivity index (χ0v) is 18.1. The summed E-state index contributed by atoms with van der Waals surface area (Å²) in [7, 11) is 0. The lowest BCUT2D eigenvalue weighted by Gasteiger charge is -2.39. The van der Waals surface area contributed by atoms with E-state index in [1.165, 1.54) is 6.92 Å². The number of rotatable bonds is 9. The zero-order chi connectivity index (χ0) is 22.3. The normalized spacial score (nSPS) is 13.2. The van der Waals surface area contributed by atoms with Gasteiger partial charge in [0.25, 0.3) is 0 Å². The average Bonchev–Trinajstić information content (AvgIpc) is 2.81. The van der Waals surface area contributed by atoms with Crippen LogP contribution in [0.15, 0.2) is 91.0 Å². The van der Waals surface area contributed by atoms with Gasteiger partial charge in [-0.1, -0.05) is 91.0 Å². The number of carbonyl (C=O) groups excluding carboxylic acids is 1. The first-order valence-corrected chi connectivity index (χ1v) is 10.7. The summed E-state index contributed by atoms with van der Waals surface area (Å²) in [4.78, 5) is 24.2. The smallest absolute Gasteiger partial charge is 0.325 e. The Labute approximate surface area is 187 Å². The van der Waals surface area contributed by atoms with Gasteiger partial charge in [-0.15, -0.1) is 0 Å². The molecule has 0 aliphatic heterocycles. The lowest BCUT2D eigenvalue weighted by atomic mass is 9.76. The van der Waals surface area contributed by atoms with E-state index in [0.717, 1.165) is 16.7 Å². The zero-order valence-electron chi connectivity index (χ0n) is 17.2. The average molecular weight is 435 g/mol. The van der Waals surface area contributed by atoms with Crippen LogP contribution < -0.4 is 10.6 Å². The van der Waals surface area contributed by atoms with Crippen molar-refractivity contribution < 1.29 is 14.7 Å². The van der Waals surface area contributed by atoms with Crippen LogP contribution >= 0.6 is 12.6 Å². The molecular weight excluding hydrogens is 408 g/mol. The summed E-state index contributed by atoms with van der Waals surface area (Å²) in [5, 5.41) is 15.3. The Balaban J connectivity index is 2.15. The molecule has 3 aromatic rings. The van der Waals surface area contributed by atoms with Crippen molar-refractivity contribution in [3.63, 3.8) is 0 Å². The maximum Gasteiger partial charge on any atom is 0.325 e. The van der Waals surface area contributed by atoms with Crippen LogP contribution in [0.4, 0.5) is 0 Å². The third-order valence-electron chi connectivity index (χ3n) is 5.24. The van der Waals surface area contributed by atoms with Crippen LogP contribution in [0.2, 0.25) is 0 Å². The van der Waals surface area contributed by atoms with Gasteiger partial charge < -0.3 is 10.4 Å². The number of amides is 1. The Morgan fingerprint density at radius 2 is 1.23 bits per heavy atom. The molecule has 6 heteroatoms. The quantitative estimate of drug-likeness (QED) is 0.307. The molecule has 0 saturated heterocycles. The number of hydrogen-bond donors (Lipinski definition) is 4. The highest BCUT2D eigenvalue weighted by molar-refractivity contribution is 7.80. The number of nitrogens with one attached hydrogen (secondary N) is 2. The van der Waals surface area contributed by atoms with Crippen molar-refractivity contribution in [2.45, 2.75) is 24.5 Å². The van der Waals surface area contributed by atoms with Crippen LogP contribution in [0, 0.1) is 0 Å². The summed E-state index contributed by atoms with van der Waals surface area (Å²) in [6.07, 6.45) is 0. The summed E-state index contributed by atoms with van der Waals surface area (Å²) < 4.78 is 0. The lowest BCUT2D eigenvalue weighted by molar-refractivity contribution is -0.141. The van der Waals surface area contributed by atoms with Gasteiger partial charge >= 0.3 is 5.97 Å². The molecule has 0 heterocycles. The number of benzene rings is 3. The van der Waals surface area contributed by atoms with E-state index in [4.69, 9.17) is 0 Å². The number of hydrogen-bond acceptors (Lipinski definition) is 4. The molecule has 2 atom stereocenters. The lowest BCUT2D eigenvalue weighted by Crippen LogP contribution is -2.57. The molecule has 3 N–H and O–H groups in total. The van der Waals surface area contributed by atoms with Crippen LogP contribution in [0.5, 0.6) is 0 Å². The number of carboxylic acids is 1. The minimum atomic E-state index is -1.09. The SMILES string of the molecule is C[C@H](NC(=O)[C@H](CS)NC(c1ccccc1)(c1ccccc1)c1ccccc1)C(=O)O. The minimum absolute atomic E-state index is 0.187. The molecule has 0 fully saturated rings. The van der Waals surface area contributed by atoms with E-state index in [-0.39, 0.29) is 5.75 Å². The number of carbonyl (C=O) groups is 2. The fourth-order valence-corrected chi connectivity index (χ4v) is 3.90. The summed E-state index contributed by atoms with van der Waals surface area (Å²) in [5.41, 5.74) is 2.02. The molecule has 0 unspecified atom stereocenters. The maximum atomic E-state index is 13.0. The van der Waals surface area contributed by atoms with Gasteiger partial charge in [0, 0.05) is 5.75 Å². The Morgan fingerprint density at radius 1 is 0.839 bits per heavy atom. The first-order chi connectivity index (χ1) is 15.0. The monoisotopic (exact) mass is 434 g/mol. The van der Waals surface area contributed by atoms with Gasteiger partial charge in [-0.2, -0.15) is 12.6 Å². The number of aliphatic carboxylic acids is 1. The number of carboxylic acid groups (broad SMARTS) is 1. The molecule has 3 rings (SSSR count). The van der Waals surface area contributed by atoms with Crippen LogP contribution in [-0.2, 0) is 15.1 Å². The summed E-state index contributed by atoms with van der Waals surface area (Å²) in [5.74, 6) is -1.32. The standard InChI is InChI=1S/C25H26N2O3S/c1-18(24(29)30)26-23(28)22(17-31)27-25(19-11-5-2-6-12-19,20-13-7-3-8-14-20)21-15-9-4-10-16-21/h2-16,18,22,27,31H,17H2,1H3,(H,26,28)(H,29,30)/t18-,22-/m0/s1. The molecule has 3 aromatic carbocycles. The van der Waals surface area contributed by atoms with Gasteiger partial charge in [-0.05, 0) is 23.6 Å². The molecule has 0 aromatic heterocycles. The number of thiol groups is 1. The fraction of sp³-hybridized carbons (Fsp3) is 0.200. The largest absolute Gasteiger partial charge is 0.480 e. The Hall–Kier alpha value is -3.09. The van der Waals surface area contributed by atoms with Crippen molar-refractivity contribution in [3.8, 4) is 0 Å². The molecule has 0 aliphatic carbocycles. The molecule has 1 amide bonds. The van der Waals surface area contributed by atoms with Crippen LogP contribution in [0.1, 0.15) is 23.6 Å². The highest BCUT2D eigenvalue weighted by Gasteiger charge is 2.39. The highest BCUT2D eigenvalue weighted by Crippen LogP contribution is 2.37. The third-order valence-corrected chi connectivity index (χ3v) is 5.60. The summed E-state index contributed by atoms with van der Waals surface area (Å²) >= 11 is 4.41. The van der Waals surface area contributed by atoms with Gasteiger partial charge in [0.2, 0.25) is 5.91 Å². The molecule has 5 nitrogen and oxygen atoms in total. The predicted octanol–water partition coefficient (Wildman–Crippen LogP) is 3.46. The molecule has 0 bridgehead atoms. The van der Waals surface area contributed by atoms with Gasteiger partial charge in [-0.25, -0.2) is 0 Å². The molecule has 0 spiro atoms. The molecule has 0 saturated carbocycles. The van der Waals surface area contributed by atoms with E-state index in [1.54, 1.807) is 0 Å². The molecule has 0 radical (unpaired) electrons. The minimum Gasteiger partial charge on any atom is -0.480 e. The van der Waals surface area contributed by atoms with E-state index in [0.29, 0.717) is 0 Å². The van der Waals surface area contributed by atoms with E-state index in [2.05, 4.69) is 23.3 Å². The first-order valence-electron chi connectivity index (χ1n) is 10.1. The second kappa shape index (κ2) is 10.3. The van der Waals surface area contributed by atoms with E-state index in [9.17, 15) is 14.7 Å². The van der Waals surface area contributed by atoms with Crippen molar-refractivity contribution in [2.75, 3.05) is 5.75 Å². The van der Waals surface area contributed by atoms with Crippen molar-refractivity contribution in [2.24, 2.45) is 0 Å². The second-order valence-corrected chi connectivity index (χ2v) is 7.66. The fourth-order valence-electron chi connectivity index (χ4n) is 3.65. The van der Waals surface area contributed by atoms with E-state index >= 15 is 0 Å². The van der Waals surface area contributed by atoms with E-state index in [1.807, 2.05) is 91.0 Å². The van der Waals surface area contributed by atoms with Gasteiger partial charge in [0.15, 0.2) is 0 Å².